The Morgan fingerprint density at radius 1 is 0.976 bits per heavy atom. The summed E-state index contributed by atoms with van der Waals surface area (Å²) in [5, 5.41) is 15.1. The lowest BCUT2D eigenvalue weighted by atomic mass is 9.93. The van der Waals surface area contributed by atoms with Crippen molar-refractivity contribution >= 4 is 23.9 Å². The van der Waals surface area contributed by atoms with Crippen molar-refractivity contribution in [3.8, 4) is 5.75 Å². The van der Waals surface area contributed by atoms with Crippen molar-refractivity contribution in [2.24, 2.45) is 0 Å². The topological polar surface area (TPSA) is 134 Å². The summed E-state index contributed by atoms with van der Waals surface area (Å²) in [5.74, 6) is -1.57. The van der Waals surface area contributed by atoms with E-state index in [0.29, 0.717) is 17.5 Å². The number of hydrogen-bond donors (Lipinski definition) is 3. The Hall–Kier alpha value is -4.08. The Balaban J connectivity index is 2.62. The monoisotopic (exact) mass is 583 g/mol. The molecule has 2 rings (SSSR count). The van der Waals surface area contributed by atoms with Crippen LogP contribution in [0.25, 0.3) is 0 Å². The number of rotatable bonds is 13. The number of phenols is 1. The van der Waals surface area contributed by atoms with Crippen LogP contribution in [0.4, 0.5) is 4.79 Å². The Kier molecular flexibility index (Phi) is 12.8. The van der Waals surface area contributed by atoms with Gasteiger partial charge in [0.25, 0.3) is 0 Å². The van der Waals surface area contributed by atoms with Gasteiger partial charge in [-0.3, -0.25) is 14.4 Å². The van der Waals surface area contributed by atoms with E-state index in [4.69, 9.17) is 9.47 Å². The van der Waals surface area contributed by atoms with E-state index >= 15 is 0 Å². The Morgan fingerprint density at radius 3 is 2.14 bits per heavy atom. The second-order valence-electron chi connectivity index (χ2n) is 11.3. The summed E-state index contributed by atoms with van der Waals surface area (Å²) in [7, 11) is 1.23. The smallest absolute Gasteiger partial charge is 0.408 e. The van der Waals surface area contributed by atoms with Crippen LogP contribution in [-0.4, -0.2) is 65.7 Å². The number of aryl methyl sites for hydroxylation is 2. The summed E-state index contributed by atoms with van der Waals surface area (Å²) >= 11 is 0. The molecular formula is C32H45N3O7. The van der Waals surface area contributed by atoms with Crippen LogP contribution < -0.4 is 10.6 Å². The van der Waals surface area contributed by atoms with Gasteiger partial charge in [-0.25, -0.2) is 4.79 Å². The number of benzene rings is 2. The van der Waals surface area contributed by atoms with E-state index in [0.717, 1.165) is 24.0 Å². The predicted octanol–water partition coefficient (Wildman–Crippen LogP) is 4.49. The third kappa shape index (κ3) is 10.4. The number of ether oxygens (including phenoxy) is 2. The minimum atomic E-state index is -1.09. The number of nitrogens with zero attached hydrogens (tertiary/aromatic N) is 1. The van der Waals surface area contributed by atoms with Gasteiger partial charge in [-0.1, -0.05) is 50.1 Å². The summed E-state index contributed by atoms with van der Waals surface area (Å²) in [6.07, 6.45) is 1.64. The van der Waals surface area contributed by atoms with Gasteiger partial charge < -0.3 is 30.1 Å². The lowest BCUT2D eigenvalue weighted by Gasteiger charge is -2.36. The minimum Gasteiger partial charge on any atom is -0.508 e. The highest BCUT2D eigenvalue weighted by Crippen LogP contribution is 2.29. The second kappa shape index (κ2) is 15.8. The third-order valence-corrected chi connectivity index (χ3v) is 6.66. The molecule has 0 saturated carbocycles. The number of nitrogens with one attached hydrogen (secondary N) is 2. The molecule has 0 fully saturated rings. The largest absolute Gasteiger partial charge is 0.508 e. The van der Waals surface area contributed by atoms with Gasteiger partial charge in [-0.15, -0.1) is 0 Å². The first-order valence-electron chi connectivity index (χ1n) is 14.3. The van der Waals surface area contributed by atoms with Gasteiger partial charge in [0.15, 0.2) is 0 Å². The maximum absolute atomic E-state index is 14.5. The van der Waals surface area contributed by atoms with Gasteiger partial charge in [0.2, 0.25) is 11.8 Å². The zero-order valence-electron chi connectivity index (χ0n) is 25.8. The molecule has 0 saturated heterocycles. The van der Waals surface area contributed by atoms with E-state index < -0.39 is 41.6 Å². The quantitative estimate of drug-likeness (QED) is 0.234. The van der Waals surface area contributed by atoms with Gasteiger partial charge in [0, 0.05) is 13.0 Å². The van der Waals surface area contributed by atoms with Crippen LogP contribution in [0.15, 0.2) is 42.5 Å². The van der Waals surface area contributed by atoms with E-state index in [-0.39, 0.29) is 25.3 Å². The minimum absolute atomic E-state index is 0.0697. The van der Waals surface area contributed by atoms with Crippen molar-refractivity contribution in [3.05, 3.63) is 64.7 Å². The van der Waals surface area contributed by atoms with Crippen LogP contribution in [-0.2, 0) is 30.3 Å². The summed E-state index contributed by atoms with van der Waals surface area (Å²) in [4.78, 5) is 54.6. The molecule has 2 unspecified atom stereocenters. The fraction of sp³-hybridized carbons (Fsp3) is 0.500. The van der Waals surface area contributed by atoms with Crippen molar-refractivity contribution in [1.29, 1.82) is 0 Å². The van der Waals surface area contributed by atoms with Gasteiger partial charge in [-0.05, 0) is 75.4 Å². The fourth-order valence-electron chi connectivity index (χ4n) is 4.63. The SMILES string of the molecule is CCCCCN(C(=O)C(Cc1ccc(O)cc1)NC(=O)OC(C)(C)C)C(C(=O)NCC(=O)OC)c1c(C)cccc1C. The molecular weight excluding hydrogens is 538 g/mol. The Bertz CT molecular complexity index is 1200. The first-order valence-corrected chi connectivity index (χ1v) is 14.3. The first kappa shape index (κ1) is 34.1. The van der Waals surface area contributed by atoms with Crippen molar-refractivity contribution in [1.82, 2.24) is 15.5 Å². The average molecular weight is 584 g/mol. The number of hydrogen-bond acceptors (Lipinski definition) is 7. The van der Waals surface area contributed by atoms with Crippen molar-refractivity contribution in [3.63, 3.8) is 0 Å². The van der Waals surface area contributed by atoms with Crippen LogP contribution in [0, 0.1) is 13.8 Å². The van der Waals surface area contributed by atoms with Crippen molar-refractivity contribution in [2.75, 3.05) is 20.2 Å². The second-order valence-corrected chi connectivity index (χ2v) is 11.3. The summed E-state index contributed by atoms with van der Waals surface area (Å²) in [5.41, 5.74) is 2.14. The Morgan fingerprint density at radius 2 is 1.60 bits per heavy atom. The molecule has 0 aliphatic rings. The van der Waals surface area contributed by atoms with Gasteiger partial charge >= 0.3 is 12.1 Å². The van der Waals surface area contributed by atoms with Crippen molar-refractivity contribution < 1.29 is 33.8 Å². The van der Waals surface area contributed by atoms with Gasteiger partial charge in [-0.2, -0.15) is 0 Å². The normalized spacial score (nSPS) is 12.5. The van der Waals surface area contributed by atoms with E-state index in [1.165, 1.54) is 24.1 Å². The molecule has 230 valence electrons. The molecule has 0 spiro atoms. The van der Waals surface area contributed by atoms with Crippen LogP contribution in [0.5, 0.6) is 5.75 Å². The Labute approximate surface area is 248 Å². The van der Waals surface area contributed by atoms with E-state index in [1.54, 1.807) is 32.9 Å². The number of carbonyl (C=O) groups is 4. The number of esters is 1. The number of methoxy groups -OCH3 is 1. The summed E-state index contributed by atoms with van der Waals surface area (Å²) in [6, 6.07) is 9.77. The van der Waals surface area contributed by atoms with Crippen LogP contribution in [0.1, 0.15) is 75.3 Å². The molecule has 10 heteroatoms. The number of alkyl carbamates (subject to hydrolysis) is 1. The fourth-order valence-corrected chi connectivity index (χ4v) is 4.63. The highest BCUT2D eigenvalue weighted by Gasteiger charge is 2.37. The molecule has 0 aliphatic carbocycles. The van der Waals surface area contributed by atoms with Gasteiger partial charge in [0.05, 0.1) is 7.11 Å². The first-order chi connectivity index (χ1) is 19.8. The van der Waals surface area contributed by atoms with E-state index in [1.807, 2.05) is 39.0 Å². The molecule has 0 heterocycles. The van der Waals surface area contributed by atoms with Crippen LogP contribution in [0.2, 0.25) is 0 Å². The number of unbranched alkanes of at least 4 members (excludes halogenated alkanes) is 2. The zero-order valence-corrected chi connectivity index (χ0v) is 25.8. The average Bonchev–Trinajstić information content (AvgIpc) is 2.91. The zero-order chi connectivity index (χ0) is 31.4. The molecule has 0 aromatic heterocycles. The number of amides is 3. The molecule has 2 aromatic rings. The number of aromatic hydroxyl groups is 1. The number of carbonyl (C=O) groups excluding carboxylic acids is 4. The molecule has 3 amide bonds. The maximum Gasteiger partial charge on any atom is 0.408 e. The molecule has 3 N–H and O–H groups in total. The predicted molar refractivity (Wildman–Crippen MR) is 160 cm³/mol. The van der Waals surface area contributed by atoms with E-state index in [9.17, 15) is 24.3 Å². The third-order valence-electron chi connectivity index (χ3n) is 6.66. The number of phenolic OH excluding ortho intramolecular Hbond substituents is 1. The highest BCUT2D eigenvalue weighted by atomic mass is 16.6. The maximum atomic E-state index is 14.5. The lowest BCUT2D eigenvalue weighted by molar-refractivity contribution is -0.144. The highest BCUT2D eigenvalue weighted by molar-refractivity contribution is 5.93. The lowest BCUT2D eigenvalue weighted by Crippen LogP contribution is -2.54. The molecule has 0 bridgehead atoms. The molecule has 0 radical (unpaired) electrons. The molecule has 2 aromatic carbocycles. The van der Waals surface area contributed by atoms with E-state index in [2.05, 4.69) is 10.6 Å². The summed E-state index contributed by atoms with van der Waals surface area (Å²) in [6.45, 7) is 10.8. The van der Waals surface area contributed by atoms with Gasteiger partial charge in [0.1, 0.15) is 30.0 Å². The molecule has 42 heavy (non-hydrogen) atoms. The molecule has 0 aliphatic heterocycles. The molecule has 2 atom stereocenters. The van der Waals surface area contributed by atoms with Crippen LogP contribution >= 0.6 is 0 Å². The summed E-state index contributed by atoms with van der Waals surface area (Å²) < 4.78 is 10.2. The standard InChI is InChI=1S/C32H45N3O7/c1-8-9-10-18-35(28(29(38)33-20-26(37)41-7)27-21(2)12-11-13-22(27)3)30(39)25(34-31(40)42-32(4,5)6)19-23-14-16-24(36)17-15-23/h11-17,25,28,36H,8-10,18-20H2,1-7H3,(H,33,38)(H,34,40). The molecule has 10 nitrogen and oxygen atoms in total. The van der Waals surface area contributed by atoms with Crippen LogP contribution in [0.3, 0.4) is 0 Å². The van der Waals surface area contributed by atoms with Crippen molar-refractivity contribution in [2.45, 2.75) is 84.9 Å².